The Hall–Kier alpha value is -1.56. The van der Waals surface area contributed by atoms with E-state index in [1.807, 2.05) is 24.4 Å². The van der Waals surface area contributed by atoms with Crippen molar-refractivity contribution in [3.63, 3.8) is 0 Å². The molecule has 5 nitrogen and oxygen atoms in total. The number of carbonyl (C=O) groups is 2. The third-order valence-electron chi connectivity index (χ3n) is 2.56. The van der Waals surface area contributed by atoms with Crippen molar-refractivity contribution in [2.24, 2.45) is 0 Å². The minimum atomic E-state index is -0.989. The van der Waals surface area contributed by atoms with Gasteiger partial charge in [-0.25, -0.2) is 4.79 Å². The maximum atomic E-state index is 12.2. The van der Waals surface area contributed by atoms with E-state index in [2.05, 4.69) is 0 Å². The van der Waals surface area contributed by atoms with E-state index in [-0.39, 0.29) is 12.6 Å². The van der Waals surface area contributed by atoms with E-state index in [0.29, 0.717) is 19.6 Å². The lowest BCUT2D eigenvalue weighted by Crippen LogP contribution is -2.44. The number of likely N-dealkylation sites (N-methyl/N-ethyl adjacent to an activating group) is 1. The lowest BCUT2D eigenvalue weighted by atomic mass is 10.4. The smallest absolute Gasteiger partial charge is 0.323 e. The van der Waals surface area contributed by atoms with Crippen LogP contribution in [0.3, 0.4) is 0 Å². The van der Waals surface area contributed by atoms with Crippen LogP contribution in [0.25, 0.3) is 0 Å². The summed E-state index contributed by atoms with van der Waals surface area (Å²) in [7, 11) is 0. The van der Waals surface area contributed by atoms with Crippen molar-refractivity contribution in [1.29, 1.82) is 0 Å². The zero-order chi connectivity index (χ0) is 13.5. The maximum Gasteiger partial charge on any atom is 0.323 e. The number of thiophene rings is 1. The number of nitrogens with zero attached hydrogens (tertiary/aromatic N) is 2. The van der Waals surface area contributed by atoms with E-state index in [4.69, 9.17) is 5.11 Å². The molecule has 1 heterocycles. The van der Waals surface area contributed by atoms with E-state index < -0.39 is 5.97 Å². The standard InChI is InChI=1S/C12H18N2O3S/c1-3-13(8-10-6-5-7-18-10)12(17)14(4-2)9-11(15)16/h5-7H,3-4,8-9H2,1-2H3,(H,15,16). The zero-order valence-corrected chi connectivity index (χ0v) is 11.4. The Bertz CT molecular complexity index is 392. The predicted octanol–water partition coefficient (Wildman–Crippen LogP) is 2.10. The van der Waals surface area contributed by atoms with E-state index in [1.165, 1.54) is 4.90 Å². The highest BCUT2D eigenvalue weighted by molar-refractivity contribution is 7.09. The number of hydrogen-bond donors (Lipinski definition) is 1. The van der Waals surface area contributed by atoms with Crippen molar-refractivity contribution in [3.8, 4) is 0 Å². The van der Waals surface area contributed by atoms with Gasteiger partial charge in [-0.1, -0.05) is 6.07 Å². The molecule has 0 radical (unpaired) electrons. The van der Waals surface area contributed by atoms with E-state index in [9.17, 15) is 9.59 Å². The summed E-state index contributed by atoms with van der Waals surface area (Å²) in [5, 5.41) is 10.7. The van der Waals surface area contributed by atoms with Crippen molar-refractivity contribution in [1.82, 2.24) is 9.80 Å². The molecule has 0 unspecified atom stereocenters. The molecule has 100 valence electrons. The highest BCUT2D eigenvalue weighted by Crippen LogP contribution is 2.13. The van der Waals surface area contributed by atoms with Crippen LogP contribution in [0.5, 0.6) is 0 Å². The van der Waals surface area contributed by atoms with Crippen LogP contribution in [0, 0.1) is 0 Å². The number of rotatable bonds is 6. The summed E-state index contributed by atoms with van der Waals surface area (Å²) in [5.41, 5.74) is 0. The fourth-order valence-corrected chi connectivity index (χ4v) is 2.30. The Morgan fingerprint density at radius 2 is 1.94 bits per heavy atom. The van der Waals surface area contributed by atoms with Gasteiger partial charge in [0.15, 0.2) is 0 Å². The summed E-state index contributed by atoms with van der Waals surface area (Å²) in [4.78, 5) is 26.9. The third kappa shape index (κ3) is 4.03. The van der Waals surface area contributed by atoms with Crippen LogP contribution in [0.2, 0.25) is 0 Å². The molecule has 0 spiro atoms. The van der Waals surface area contributed by atoms with Gasteiger partial charge < -0.3 is 14.9 Å². The number of amides is 2. The molecule has 0 aliphatic rings. The fourth-order valence-electron chi connectivity index (χ4n) is 1.58. The lowest BCUT2D eigenvalue weighted by Gasteiger charge is -2.27. The Balaban J connectivity index is 2.68. The highest BCUT2D eigenvalue weighted by Gasteiger charge is 2.20. The van der Waals surface area contributed by atoms with Gasteiger partial charge in [0, 0.05) is 18.0 Å². The maximum absolute atomic E-state index is 12.2. The molecule has 0 aromatic carbocycles. The zero-order valence-electron chi connectivity index (χ0n) is 10.6. The average Bonchev–Trinajstić information content (AvgIpc) is 2.84. The molecular formula is C12H18N2O3S. The van der Waals surface area contributed by atoms with Crippen LogP contribution in [-0.4, -0.2) is 46.5 Å². The van der Waals surface area contributed by atoms with Crippen molar-refractivity contribution < 1.29 is 14.7 Å². The molecule has 0 fully saturated rings. The first-order chi connectivity index (χ1) is 8.58. The Morgan fingerprint density at radius 1 is 1.28 bits per heavy atom. The molecular weight excluding hydrogens is 252 g/mol. The minimum absolute atomic E-state index is 0.226. The summed E-state index contributed by atoms with van der Waals surface area (Å²) >= 11 is 1.59. The summed E-state index contributed by atoms with van der Waals surface area (Å²) in [6.45, 7) is 4.90. The Labute approximate surface area is 111 Å². The number of aliphatic carboxylic acids is 1. The van der Waals surface area contributed by atoms with Gasteiger partial charge in [-0.2, -0.15) is 0 Å². The van der Waals surface area contributed by atoms with Crippen LogP contribution >= 0.6 is 11.3 Å². The molecule has 0 atom stereocenters. The van der Waals surface area contributed by atoms with E-state index >= 15 is 0 Å². The summed E-state index contributed by atoms with van der Waals surface area (Å²) in [5.74, 6) is -0.989. The number of carboxylic acid groups (broad SMARTS) is 1. The number of hydrogen-bond acceptors (Lipinski definition) is 3. The average molecular weight is 270 g/mol. The number of carboxylic acids is 1. The Kier molecular flexibility index (Phi) is 5.64. The molecule has 1 aromatic rings. The second-order valence-electron chi connectivity index (χ2n) is 3.78. The second-order valence-corrected chi connectivity index (χ2v) is 4.82. The van der Waals surface area contributed by atoms with Gasteiger partial charge in [0.25, 0.3) is 0 Å². The van der Waals surface area contributed by atoms with E-state index in [0.717, 1.165) is 4.88 Å². The van der Waals surface area contributed by atoms with Crippen molar-refractivity contribution >= 4 is 23.3 Å². The normalized spacial score (nSPS) is 10.1. The predicted molar refractivity (Wildman–Crippen MR) is 70.7 cm³/mol. The molecule has 1 rings (SSSR count). The van der Waals surface area contributed by atoms with Crippen LogP contribution in [0.4, 0.5) is 4.79 Å². The molecule has 0 aliphatic carbocycles. The highest BCUT2D eigenvalue weighted by atomic mass is 32.1. The first kappa shape index (κ1) is 14.5. The van der Waals surface area contributed by atoms with Gasteiger partial charge in [0.05, 0.1) is 6.54 Å². The quantitative estimate of drug-likeness (QED) is 0.861. The fraction of sp³-hybridized carbons (Fsp3) is 0.500. The van der Waals surface area contributed by atoms with Crippen molar-refractivity contribution in [2.75, 3.05) is 19.6 Å². The van der Waals surface area contributed by atoms with Crippen LogP contribution in [0.1, 0.15) is 18.7 Å². The SMILES string of the molecule is CCN(CC(=O)O)C(=O)N(CC)Cc1cccs1. The molecule has 2 amide bonds. The van der Waals surface area contributed by atoms with E-state index in [1.54, 1.807) is 23.2 Å². The summed E-state index contributed by atoms with van der Waals surface area (Å²) in [6, 6.07) is 3.68. The van der Waals surface area contributed by atoms with Gasteiger partial charge >= 0.3 is 12.0 Å². The molecule has 0 saturated carbocycles. The largest absolute Gasteiger partial charge is 0.480 e. The van der Waals surface area contributed by atoms with Crippen molar-refractivity contribution in [3.05, 3.63) is 22.4 Å². The molecule has 1 N–H and O–H groups in total. The minimum Gasteiger partial charge on any atom is -0.480 e. The van der Waals surface area contributed by atoms with Gasteiger partial charge in [-0.05, 0) is 25.3 Å². The third-order valence-corrected chi connectivity index (χ3v) is 3.42. The summed E-state index contributed by atoms with van der Waals surface area (Å²) in [6.07, 6.45) is 0. The number of urea groups is 1. The van der Waals surface area contributed by atoms with Crippen LogP contribution in [0.15, 0.2) is 17.5 Å². The molecule has 0 bridgehead atoms. The van der Waals surface area contributed by atoms with Gasteiger partial charge in [-0.3, -0.25) is 4.79 Å². The Morgan fingerprint density at radius 3 is 2.39 bits per heavy atom. The number of carbonyl (C=O) groups excluding carboxylic acids is 1. The van der Waals surface area contributed by atoms with Crippen molar-refractivity contribution in [2.45, 2.75) is 20.4 Å². The molecule has 18 heavy (non-hydrogen) atoms. The molecule has 0 saturated heterocycles. The second kappa shape index (κ2) is 7.00. The van der Waals surface area contributed by atoms with Crippen LogP contribution in [-0.2, 0) is 11.3 Å². The van der Waals surface area contributed by atoms with Gasteiger partial charge in [0.2, 0.25) is 0 Å². The first-order valence-corrected chi connectivity index (χ1v) is 6.74. The topological polar surface area (TPSA) is 60.9 Å². The first-order valence-electron chi connectivity index (χ1n) is 5.86. The van der Waals surface area contributed by atoms with Gasteiger partial charge in [0.1, 0.15) is 6.54 Å². The molecule has 6 heteroatoms. The van der Waals surface area contributed by atoms with Crippen LogP contribution < -0.4 is 0 Å². The molecule has 1 aromatic heterocycles. The van der Waals surface area contributed by atoms with Gasteiger partial charge in [-0.15, -0.1) is 11.3 Å². The summed E-state index contributed by atoms with van der Waals surface area (Å²) < 4.78 is 0. The molecule has 0 aliphatic heterocycles. The lowest BCUT2D eigenvalue weighted by molar-refractivity contribution is -0.137. The monoisotopic (exact) mass is 270 g/mol.